The van der Waals surface area contributed by atoms with E-state index in [1.807, 2.05) is 0 Å². The quantitative estimate of drug-likeness (QED) is 0.223. The molecule has 35 heavy (non-hydrogen) atoms. The number of halogens is 2. The van der Waals surface area contributed by atoms with E-state index in [1.165, 1.54) is 34.6 Å². The Morgan fingerprint density at radius 2 is 1.71 bits per heavy atom. The van der Waals surface area contributed by atoms with Crippen LogP contribution in [-0.4, -0.2) is 44.2 Å². The number of sulfonamides is 1. The third-order valence-electron chi connectivity index (χ3n) is 5.03. The summed E-state index contributed by atoms with van der Waals surface area (Å²) in [6.45, 7) is 2.40. The molecule has 0 unspecified atom stereocenters. The number of benzene rings is 3. The average Bonchev–Trinajstić information content (AvgIpc) is 2.81. The molecule has 0 aliphatic rings. The van der Waals surface area contributed by atoms with Crippen LogP contribution in [0.4, 0.5) is 11.4 Å². The van der Waals surface area contributed by atoms with Gasteiger partial charge in [-0.25, -0.2) is 8.42 Å². The molecule has 0 aromatic heterocycles. The van der Waals surface area contributed by atoms with Crippen molar-refractivity contribution >= 4 is 38.9 Å². The minimum Gasteiger partial charge on any atom is -1.00 e. The molecule has 0 fully saturated rings. The summed E-state index contributed by atoms with van der Waals surface area (Å²) in [5.74, 6) is -0.737. The summed E-state index contributed by atoms with van der Waals surface area (Å²) in [4.78, 5) is 12.2. The van der Waals surface area contributed by atoms with Crippen molar-refractivity contribution in [3.8, 4) is 11.5 Å². The van der Waals surface area contributed by atoms with Gasteiger partial charge in [0.15, 0.2) is 11.5 Å². The van der Waals surface area contributed by atoms with Crippen LogP contribution < -0.4 is 27.3 Å². The second-order valence-electron chi connectivity index (χ2n) is 7.45. The fourth-order valence-electron chi connectivity index (χ4n) is 3.35. The Balaban J connectivity index is 0.00000432. The Kier molecular flexibility index (Phi) is 10.2. The molecule has 1 amide bonds. The van der Waals surface area contributed by atoms with Crippen molar-refractivity contribution in [1.29, 1.82) is 0 Å². The molecule has 0 spiro atoms. The van der Waals surface area contributed by atoms with Gasteiger partial charge in [0.05, 0.1) is 17.3 Å². The van der Waals surface area contributed by atoms with Gasteiger partial charge in [-0.2, -0.15) is 0 Å². The van der Waals surface area contributed by atoms with Gasteiger partial charge in [-0.3, -0.25) is 9.10 Å². The van der Waals surface area contributed by atoms with Gasteiger partial charge in [0.2, 0.25) is 5.91 Å². The van der Waals surface area contributed by atoms with E-state index in [0.29, 0.717) is 24.3 Å². The molecule has 0 atom stereocenters. The molecule has 0 aliphatic heterocycles. The fraction of sp³-hybridized carbons (Fsp3) is 0.208. The Hall–Kier alpha value is -2.98. The van der Waals surface area contributed by atoms with Crippen LogP contribution in [0.5, 0.6) is 11.5 Å². The Morgan fingerprint density at radius 1 is 1.00 bits per heavy atom. The predicted molar refractivity (Wildman–Crippen MR) is 133 cm³/mol. The monoisotopic (exact) mass is 538 g/mol. The number of carbonyl (C=O) groups is 1. The summed E-state index contributed by atoms with van der Waals surface area (Å²) >= 11 is 6.22. The van der Waals surface area contributed by atoms with Gasteiger partial charge in [-0.05, 0) is 67.9 Å². The maximum atomic E-state index is 13.3. The van der Waals surface area contributed by atoms with Crippen molar-refractivity contribution in [3.63, 3.8) is 0 Å². The summed E-state index contributed by atoms with van der Waals surface area (Å²) in [7, 11) is -3.96. The molecule has 11 heteroatoms. The number of nitrogens with zero attached hydrogens (tertiary/aromatic N) is 1. The largest absolute Gasteiger partial charge is 1.00 e. The van der Waals surface area contributed by atoms with Crippen molar-refractivity contribution < 1.29 is 35.8 Å². The lowest BCUT2D eigenvalue weighted by atomic mass is 10.1. The summed E-state index contributed by atoms with van der Waals surface area (Å²) in [5.41, 5.74) is 1.62. The average molecular weight is 539 g/mol. The highest BCUT2D eigenvalue weighted by Gasteiger charge is 2.26. The van der Waals surface area contributed by atoms with Gasteiger partial charge in [0, 0.05) is 12.2 Å². The van der Waals surface area contributed by atoms with Gasteiger partial charge >= 0.3 is 0 Å². The van der Waals surface area contributed by atoms with Gasteiger partial charge in [0.25, 0.3) is 10.0 Å². The molecule has 0 bridgehead atoms. The van der Waals surface area contributed by atoms with Crippen LogP contribution in [0.15, 0.2) is 71.6 Å². The Labute approximate surface area is 216 Å². The van der Waals surface area contributed by atoms with Crippen molar-refractivity contribution in [2.75, 3.05) is 29.3 Å². The number of anilines is 2. The first-order valence-corrected chi connectivity index (χ1v) is 12.4. The van der Waals surface area contributed by atoms with Gasteiger partial charge in [0.1, 0.15) is 4.90 Å². The number of nitrogens with one attached hydrogen (secondary N) is 2. The summed E-state index contributed by atoms with van der Waals surface area (Å²) in [6, 6.07) is 17.6. The zero-order chi connectivity index (χ0) is 24.7. The van der Waals surface area contributed by atoms with Crippen LogP contribution in [-0.2, 0) is 21.2 Å². The summed E-state index contributed by atoms with van der Waals surface area (Å²) < 4.78 is 27.8. The van der Waals surface area contributed by atoms with E-state index in [-0.39, 0.29) is 52.8 Å². The minimum atomic E-state index is -3.96. The highest BCUT2D eigenvalue weighted by atomic mass is 35.5. The zero-order valence-electron chi connectivity index (χ0n) is 18.9. The first kappa shape index (κ1) is 28.3. The molecule has 8 nitrogen and oxygen atoms in total. The molecule has 3 aromatic rings. The van der Waals surface area contributed by atoms with Gasteiger partial charge < -0.3 is 33.3 Å². The van der Waals surface area contributed by atoms with Gasteiger partial charge in [-0.1, -0.05) is 35.9 Å². The second-order valence-corrected chi connectivity index (χ2v) is 9.69. The lowest BCUT2D eigenvalue weighted by Gasteiger charge is -2.23. The van der Waals surface area contributed by atoms with Gasteiger partial charge in [-0.15, -0.1) is 0 Å². The van der Waals surface area contributed by atoms with E-state index in [2.05, 4.69) is 10.6 Å². The van der Waals surface area contributed by atoms with E-state index in [1.54, 1.807) is 43.3 Å². The number of carbonyl (C=O) groups excluding carboxylic acids is 1. The zero-order valence-corrected chi connectivity index (χ0v) is 21.2. The van der Waals surface area contributed by atoms with Crippen molar-refractivity contribution in [2.24, 2.45) is 0 Å². The third-order valence-corrected chi connectivity index (χ3v) is 7.41. The topological polar surface area (TPSA) is 119 Å². The number of aromatic hydroxyl groups is 2. The molecule has 0 saturated heterocycles. The van der Waals surface area contributed by atoms with Crippen LogP contribution in [0.1, 0.15) is 12.5 Å². The summed E-state index contributed by atoms with van der Waals surface area (Å²) in [5, 5.41) is 24.6. The Morgan fingerprint density at radius 3 is 2.37 bits per heavy atom. The normalized spacial score (nSPS) is 10.9. The second kappa shape index (κ2) is 12.6. The molecule has 0 saturated carbocycles. The molecule has 0 radical (unpaired) electrons. The maximum Gasteiger partial charge on any atom is 0.265 e. The highest BCUT2D eigenvalue weighted by Crippen LogP contribution is 2.30. The maximum absolute atomic E-state index is 13.3. The molecule has 4 N–H and O–H groups in total. The van der Waals surface area contributed by atoms with Crippen LogP contribution in [0.25, 0.3) is 0 Å². The molecular formula is C24H26Cl2N3O5S-. The van der Waals surface area contributed by atoms with E-state index in [4.69, 9.17) is 11.6 Å². The van der Waals surface area contributed by atoms with Crippen molar-refractivity contribution in [1.82, 2.24) is 5.32 Å². The predicted octanol–water partition coefficient (Wildman–Crippen LogP) is 0.741. The number of phenolic OH excluding ortho intramolecular Hbond substituents is 2. The molecular weight excluding hydrogens is 513 g/mol. The van der Waals surface area contributed by atoms with Crippen molar-refractivity contribution in [3.05, 3.63) is 77.3 Å². The standard InChI is InChI=1S/C24H26ClN3O5S.ClH/c1-2-28(19-6-4-3-5-7-19)34(32,33)23-15-18(9-10-20(23)25)27-24(31)16-26-13-12-17-8-11-21(29)22(30)14-17;/h3-11,14-15,26,29-30H,2,12-13,16H2,1H3,(H,27,31);1H/p-1. The molecule has 188 valence electrons. The smallest absolute Gasteiger partial charge is 0.265 e. The van der Waals surface area contributed by atoms with Crippen LogP contribution in [0, 0.1) is 0 Å². The van der Waals surface area contributed by atoms with Crippen LogP contribution >= 0.6 is 11.6 Å². The lowest BCUT2D eigenvalue weighted by Crippen LogP contribution is -3.00. The lowest BCUT2D eigenvalue weighted by molar-refractivity contribution is -0.115. The van der Waals surface area contributed by atoms with E-state index in [0.717, 1.165) is 5.56 Å². The summed E-state index contributed by atoms with van der Waals surface area (Å²) in [6.07, 6.45) is 0.538. The number of hydrogen-bond donors (Lipinski definition) is 4. The minimum absolute atomic E-state index is 0. The van der Waals surface area contributed by atoms with E-state index < -0.39 is 10.0 Å². The highest BCUT2D eigenvalue weighted by molar-refractivity contribution is 7.93. The molecule has 3 aromatic carbocycles. The molecule has 3 rings (SSSR count). The van der Waals surface area contributed by atoms with E-state index >= 15 is 0 Å². The molecule has 0 aliphatic carbocycles. The number of rotatable bonds is 10. The Bertz CT molecular complexity index is 1260. The third kappa shape index (κ3) is 7.25. The van der Waals surface area contributed by atoms with Crippen LogP contribution in [0.2, 0.25) is 5.02 Å². The van der Waals surface area contributed by atoms with Crippen LogP contribution in [0.3, 0.4) is 0 Å². The van der Waals surface area contributed by atoms with E-state index in [9.17, 15) is 23.4 Å². The first-order valence-electron chi connectivity index (χ1n) is 10.6. The number of hydrogen-bond acceptors (Lipinski definition) is 6. The van der Waals surface area contributed by atoms with Crippen molar-refractivity contribution in [2.45, 2.75) is 18.2 Å². The molecule has 0 heterocycles. The number of amides is 1. The fourth-order valence-corrected chi connectivity index (χ4v) is 5.32. The SMILES string of the molecule is CCN(c1ccccc1)S(=O)(=O)c1cc(NC(=O)CNCCc2ccc(O)c(O)c2)ccc1Cl.[Cl-]. The first-order chi connectivity index (χ1) is 16.2. The number of phenols is 2. The number of para-hydroxylation sites is 1.